The van der Waals surface area contributed by atoms with E-state index in [0.717, 1.165) is 16.7 Å². The summed E-state index contributed by atoms with van der Waals surface area (Å²) in [6, 6.07) is 48.1. The minimum Gasteiger partial charge on any atom is -0.399 e. The third-order valence-corrected chi connectivity index (χ3v) is 9.66. The predicted molar refractivity (Wildman–Crippen MR) is 185 cm³/mol. The molecule has 4 heteroatoms. The van der Waals surface area contributed by atoms with Crippen LogP contribution in [0.2, 0.25) is 0 Å². The second kappa shape index (κ2) is 9.95. The minimum absolute atomic E-state index is 0.376. The Morgan fingerprint density at radius 2 is 0.977 bits per heavy atom. The van der Waals surface area contributed by atoms with Crippen LogP contribution in [0.5, 0.6) is 0 Å². The lowest BCUT2D eigenvalue weighted by molar-refractivity contribution is 0.00578. The van der Waals surface area contributed by atoms with Gasteiger partial charge in [0.25, 0.3) is 0 Å². The Morgan fingerprint density at radius 3 is 1.57 bits per heavy atom. The van der Waals surface area contributed by atoms with Gasteiger partial charge in [-0.1, -0.05) is 109 Å². The normalized spacial score (nSPS) is 15.9. The summed E-state index contributed by atoms with van der Waals surface area (Å²) in [5.41, 5.74) is 8.66. The molecule has 0 atom stereocenters. The Labute approximate surface area is 258 Å². The second-order valence-electron chi connectivity index (χ2n) is 12.8. The van der Waals surface area contributed by atoms with Crippen LogP contribution in [-0.2, 0) is 9.31 Å². The molecule has 0 N–H and O–H groups in total. The van der Waals surface area contributed by atoms with Crippen LogP contribution in [0, 0.1) is 0 Å². The lowest BCUT2D eigenvalue weighted by Crippen LogP contribution is -2.41. The molecule has 0 spiro atoms. The van der Waals surface area contributed by atoms with E-state index >= 15 is 0 Å². The summed E-state index contributed by atoms with van der Waals surface area (Å²) < 4.78 is 15.1. The summed E-state index contributed by atoms with van der Waals surface area (Å²) in [7, 11) is -0.390. The Bertz CT molecular complexity index is 2120. The van der Waals surface area contributed by atoms with Gasteiger partial charge in [-0.2, -0.15) is 0 Å². The summed E-state index contributed by atoms with van der Waals surface area (Å²) in [4.78, 5) is 0. The van der Waals surface area contributed by atoms with Gasteiger partial charge < -0.3 is 13.9 Å². The van der Waals surface area contributed by atoms with Crippen molar-refractivity contribution < 1.29 is 9.31 Å². The van der Waals surface area contributed by atoms with Crippen LogP contribution in [0.25, 0.3) is 60.5 Å². The first-order valence-corrected chi connectivity index (χ1v) is 15.4. The number of para-hydroxylation sites is 2. The van der Waals surface area contributed by atoms with E-state index in [1.807, 2.05) is 0 Å². The molecule has 3 nitrogen and oxygen atoms in total. The topological polar surface area (TPSA) is 23.4 Å². The highest BCUT2D eigenvalue weighted by molar-refractivity contribution is 6.62. The van der Waals surface area contributed by atoms with Gasteiger partial charge >= 0.3 is 7.12 Å². The number of rotatable bonds is 4. The molecular formula is C40H34BNO2. The van der Waals surface area contributed by atoms with Crippen LogP contribution in [0.3, 0.4) is 0 Å². The first kappa shape index (κ1) is 27.0. The van der Waals surface area contributed by atoms with Crippen molar-refractivity contribution >= 4 is 45.2 Å². The molecule has 0 saturated carbocycles. The van der Waals surface area contributed by atoms with E-state index < -0.39 is 7.12 Å². The predicted octanol–water partition coefficient (Wildman–Crippen LogP) is 9.57. The number of aromatic nitrogens is 1. The Balaban J connectivity index is 1.18. The van der Waals surface area contributed by atoms with Gasteiger partial charge in [0.1, 0.15) is 0 Å². The summed E-state index contributed by atoms with van der Waals surface area (Å²) in [5.74, 6) is 0. The molecule has 44 heavy (non-hydrogen) atoms. The molecule has 1 aliphatic rings. The average molecular weight is 572 g/mol. The molecule has 1 aliphatic heterocycles. The monoisotopic (exact) mass is 571 g/mol. The van der Waals surface area contributed by atoms with Gasteiger partial charge in [-0.15, -0.1) is 0 Å². The molecule has 1 fully saturated rings. The second-order valence-corrected chi connectivity index (χ2v) is 12.8. The number of fused-ring (bicyclic) bond motifs is 4. The fraction of sp³-hybridized carbons (Fsp3) is 0.150. The molecular weight excluding hydrogens is 537 g/mol. The highest BCUT2D eigenvalue weighted by Crippen LogP contribution is 2.38. The quantitative estimate of drug-likeness (QED) is 0.197. The number of nitrogens with zero attached hydrogens (tertiary/aromatic N) is 1. The third kappa shape index (κ3) is 4.21. The summed E-state index contributed by atoms with van der Waals surface area (Å²) in [6.45, 7) is 8.38. The molecule has 214 valence electrons. The Kier molecular flexibility index (Phi) is 6.10. The van der Waals surface area contributed by atoms with E-state index in [1.165, 1.54) is 49.3 Å². The highest BCUT2D eigenvalue weighted by Gasteiger charge is 2.51. The largest absolute Gasteiger partial charge is 0.494 e. The molecule has 1 saturated heterocycles. The smallest absolute Gasteiger partial charge is 0.399 e. The van der Waals surface area contributed by atoms with Gasteiger partial charge in [-0.3, -0.25) is 0 Å². The third-order valence-electron chi connectivity index (χ3n) is 9.66. The fourth-order valence-electron chi connectivity index (χ4n) is 6.64. The summed E-state index contributed by atoms with van der Waals surface area (Å²) in [5, 5.41) is 5.01. The van der Waals surface area contributed by atoms with Crippen molar-refractivity contribution in [2.45, 2.75) is 38.9 Å². The first-order chi connectivity index (χ1) is 21.3. The number of hydrogen-bond acceptors (Lipinski definition) is 2. The van der Waals surface area contributed by atoms with Crippen molar-refractivity contribution in [1.82, 2.24) is 4.57 Å². The van der Waals surface area contributed by atoms with E-state index in [2.05, 4.69) is 166 Å². The summed E-state index contributed by atoms with van der Waals surface area (Å²) in [6.07, 6.45) is 0. The fourth-order valence-corrected chi connectivity index (χ4v) is 6.64. The van der Waals surface area contributed by atoms with Crippen LogP contribution in [0.4, 0.5) is 0 Å². The zero-order chi connectivity index (χ0) is 30.1. The van der Waals surface area contributed by atoms with Crippen molar-refractivity contribution in [2.75, 3.05) is 0 Å². The van der Waals surface area contributed by atoms with E-state index in [9.17, 15) is 0 Å². The maximum Gasteiger partial charge on any atom is 0.494 e. The molecule has 0 unspecified atom stereocenters. The van der Waals surface area contributed by atoms with Crippen molar-refractivity contribution in [3.8, 4) is 27.9 Å². The van der Waals surface area contributed by atoms with Crippen LogP contribution < -0.4 is 5.46 Å². The van der Waals surface area contributed by atoms with Crippen LogP contribution in [0.1, 0.15) is 27.7 Å². The highest BCUT2D eigenvalue weighted by atomic mass is 16.7. The molecule has 0 aliphatic carbocycles. The van der Waals surface area contributed by atoms with E-state index in [4.69, 9.17) is 9.31 Å². The zero-order valence-corrected chi connectivity index (χ0v) is 25.5. The van der Waals surface area contributed by atoms with E-state index in [1.54, 1.807) is 0 Å². The van der Waals surface area contributed by atoms with Crippen LogP contribution in [0.15, 0.2) is 133 Å². The number of benzene rings is 6. The summed E-state index contributed by atoms with van der Waals surface area (Å²) >= 11 is 0. The molecule has 0 bridgehead atoms. The maximum absolute atomic E-state index is 6.37. The van der Waals surface area contributed by atoms with Gasteiger partial charge in [0.2, 0.25) is 0 Å². The van der Waals surface area contributed by atoms with E-state index in [-0.39, 0.29) is 11.2 Å². The van der Waals surface area contributed by atoms with Gasteiger partial charge in [0.15, 0.2) is 0 Å². The molecule has 8 rings (SSSR count). The Hall–Kier alpha value is -4.64. The average Bonchev–Trinajstić information content (AvgIpc) is 3.49. The lowest BCUT2D eigenvalue weighted by Gasteiger charge is -2.32. The number of hydrogen-bond donors (Lipinski definition) is 0. The molecule has 2 heterocycles. The molecule has 0 radical (unpaired) electrons. The standard InChI is InChI=1S/C40H34BNO2/c1-39(2)40(3,4)44-41(43-39)29-13-9-12-28(26-29)32-17-11-18-33-31(16-10-19-34(32)33)27-22-24-30(25-23-27)42-37-20-7-5-14-35(37)36-15-6-8-21-38(36)42/h5-26H,1-4H3. The Morgan fingerprint density at radius 1 is 0.477 bits per heavy atom. The van der Waals surface area contributed by atoms with Crippen molar-refractivity contribution in [1.29, 1.82) is 0 Å². The molecule has 0 amide bonds. The first-order valence-electron chi connectivity index (χ1n) is 15.4. The lowest BCUT2D eigenvalue weighted by atomic mass is 9.77. The van der Waals surface area contributed by atoms with Gasteiger partial charge in [-0.05, 0) is 90.4 Å². The van der Waals surface area contributed by atoms with Gasteiger partial charge in [0.05, 0.1) is 22.2 Å². The molecule has 6 aromatic carbocycles. The van der Waals surface area contributed by atoms with Crippen molar-refractivity contribution in [2.24, 2.45) is 0 Å². The van der Waals surface area contributed by atoms with Crippen molar-refractivity contribution in [3.63, 3.8) is 0 Å². The van der Waals surface area contributed by atoms with Crippen LogP contribution in [-0.4, -0.2) is 22.9 Å². The molecule has 1 aromatic heterocycles. The van der Waals surface area contributed by atoms with E-state index in [0.29, 0.717) is 0 Å². The SMILES string of the molecule is CC1(C)OB(c2cccc(-c3cccc4c(-c5ccc(-n6c7ccccc7c7ccccc76)cc5)cccc34)c2)OC1(C)C. The van der Waals surface area contributed by atoms with Gasteiger partial charge in [0, 0.05) is 16.5 Å². The maximum atomic E-state index is 6.37. The minimum atomic E-state index is -0.390. The van der Waals surface area contributed by atoms with Crippen LogP contribution >= 0.6 is 0 Å². The van der Waals surface area contributed by atoms with Gasteiger partial charge in [-0.25, -0.2) is 0 Å². The molecule has 7 aromatic rings. The zero-order valence-electron chi connectivity index (χ0n) is 25.5. The van der Waals surface area contributed by atoms with Crippen molar-refractivity contribution in [3.05, 3.63) is 133 Å².